The molecule has 0 aliphatic heterocycles. The van der Waals surface area contributed by atoms with Gasteiger partial charge in [0.25, 0.3) is 0 Å². The van der Waals surface area contributed by atoms with Crippen LogP contribution in [0.3, 0.4) is 0 Å². The van der Waals surface area contributed by atoms with Crippen LogP contribution >= 0.6 is 11.3 Å². The molecule has 5 heteroatoms. The first kappa shape index (κ1) is 18.7. The van der Waals surface area contributed by atoms with E-state index in [2.05, 4.69) is 40.4 Å². The maximum absolute atomic E-state index is 12.7. The summed E-state index contributed by atoms with van der Waals surface area (Å²) in [4.78, 5) is 16.1. The van der Waals surface area contributed by atoms with Gasteiger partial charge >= 0.3 is 0 Å². The highest BCUT2D eigenvalue weighted by atomic mass is 32.1. The van der Waals surface area contributed by atoms with Crippen molar-refractivity contribution in [1.82, 2.24) is 10.2 Å². The van der Waals surface area contributed by atoms with Crippen molar-refractivity contribution >= 4 is 17.2 Å². The van der Waals surface area contributed by atoms with Gasteiger partial charge in [0.1, 0.15) is 5.75 Å². The molecule has 1 saturated carbocycles. The molecular weight excluding hydrogens is 344 g/mol. The van der Waals surface area contributed by atoms with Gasteiger partial charge in [-0.15, -0.1) is 17.9 Å². The van der Waals surface area contributed by atoms with Crippen molar-refractivity contribution in [3.63, 3.8) is 0 Å². The van der Waals surface area contributed by atoms with Crippen molar-refractivity contribution in [2.24, 2.45) is 5.92 Å². The topological polar surface area (TPSA) is 41.6 Å². The van der Waals surface area contributed by atoms with Crippen molar-refractivity contribution in [2.75, 3.05) is 20.2 Å². The van der Waals surface area contributed by atoms with E-state index in [1.54, 1.807) is 18.4 Å². The summed E-state index contributed by atoms with van der Waals surface area (Å²) in [6.45, 7) is 5.66. The smallest absolute Gasteiger partial charge is 0.234 e. The summed E-state index contributed by atoms with van der Waals surface area (Å²) in [5.74, 6) is 1.44. The molecule has 4 nitrogen and oxygen atoms in total. The molecule has 1 heterocycles. The van der Waals surface area contributed by atoms with Crippen LogP contribution in [-0.2, 0) is 11.3 Å². The molecule has 0 spiro atoms. The van der Waals surface area contributed by atoms with Gasteiger partial charge in [0.2, 0.25) is 5.91 Å². The number of hydrogen-bond acceptors (Lipinski definition) is 4. The minimum Gasteiger partial charge on any atom is -0.497 e. The number of rotatable bonds is 10. The number of carbonyl (C=O) groups is 1. The molecule has 138 valence electrons. The normalized spacial score (nSPS) is 14.8. The Balaban J connectivity index is 1.62. The molecular formula is C21H26N2O2S. The van der Waals surface area contributed by atoms with Gasteiger partial charge < -0.3 is 10.1 Å². The zero-order chi connectivity index (χ0) is 18.4. The first-order valence-corrected chi connectivity index (χ1v) is 9.86. The van der Waals surface area contributed by atoms with Crippen LogP contribution in [0.4, 0.5) is 0 Å². The van der Waals surface area contributed by atoms with Gasteiger partial charge in [-0.2, -0.15) is 0 Å². The first-order chi connectivity index (χ1) is 12.7. The Kier molecular flexibility index (Phi) is 6.47. The number of carbonyl (C=O) groups excluding carboxylic acids is 1. The number of nitrogens with one attached hydrogen (secondary N) is 1. The van der Waals surface area contributed by atoms with Crippen molar-refractivity contribution in [3.8, 4) is 5.75 Å². The van der Waals surface area contributed by atoms with Gasteiger partial charge in [-0.1, -0.05) is 24.3 Å². The SMILES string of the molecule is C=CCN(CC(=O)NC(c1ccc(OC)cc1)C1CC1)Cc1cccs1. The zero-order valence-electron chi connectivity index (χ0n) is 15.2. The van der Waals surface area contributed by atoms with E-state index in [-0.39, 0.29) is 11.9 Å². The van der Waals surface area contributed by atoms with Crippen LogP contribution in [0.2, 0.25) is 0 Å². The van der Waals surface area contributed by atoms with E-state index in [1.165, 1.54) is 17.7 Å². The number of amides is 1. The molecule has 26 heavy (non-hydrogen) atoms. The number of methoxy groups -OCH3 is 1. The van der Waals surface area contributed by atoms with E-state index >= 15 is 0 Å². The fourth-order valence-electron chi connectivity index (χ4n) is 3.13. The number of benzene rings is 1. The zero-order valence-corrected chi connectivity index (χ0v) is 16.0. The molecule has 0 bridgehead atoms. The predicted molar refractivity (Wildman–Crippen MR) is 106 cm³/mol. The van der Waals surface area contributed by atoms with Crippen LogP contribution in [0.5, 0.6) is 5.75 Å². The lowest BCUT2D eigenvalue weighted by Gasteiger charge is -2.23. The maximum atomic E-state index is 12.7. The van der Waals surface area contributed by atoms with Crippen LogP contribution < -0.4 is 10.1 Å². The van der Waals surface area contributed by atoms with Crippen LogP contribution in [0.15, 0.2) is 54.4 Å². The Labute approximate surface area is 159 Å². The highest BCUT2D eigenvalue weighted by Crippen LogP contribution is 2.41. The highest BCUT2D eigenvalue weighted by Gasteiger charge is 2.33. The molecule has 2 aromatic rings. The Morgan fingerprint density at radius 3 is 2.73 bits per heavy atom. The van der Waals surface area contributed by atoms with E-state index in [0.717, 1.165) is 17.9 Å². The Morgan fingerprint density at radius 2 is 2.15 bits per heavy atom. The molecule has 1 atom stereocenters. The third-order valence-electron chi connectivity index (χ3n) is 4.60. The second-order valence-electron chi connectivity index (χ2n) is 6.69. The van der Waals surface area contributed by atoms with E-state index in [1.807, 2.05) is 24.3 Å². The summed E-state index contributed by atoms with van der Waals surface area (Å²) in [7, 11) is 1.66. The maximum Gasteiger partial charge on any atom is 0.234 e. The van der Waals surface area contributed by atoms with Gasteiger partial charge in [-0.25, -0.2) is 0 Å². The summed E-state index contributed by atoms with van der Waals surface area (Å²) in [5.41, 5.74) is 1.15. The summed E-state index contributed by atoms with van der Waals surface area (Å²) in [6, 6.07) is 12.2. The molecule has 1 fully saturated rings. The second kappa shape index (κ2) is 9.01. The molecule has 1 unspecified atom stereocenters. The van der Waals surface area contributed by atoms with Gasteiger partial charge in [0, 0.05) is 18.0 Å². The Hall–Kier alpha value is -2.11. The van der Waals surface area contributed by atoms with Crippen molar-refractivity contribution in [1.29, 1.82) is 0 Å². The second-order valence-corrected chi connectivity index (χ2v) is 7.73. The Bertz CT molecular complexity index is 708. The molecule has 1 aliphatic rings. The van der Waals surface area contributed by atoms with Crippen LogP contribution in [0.25, 0.3) is 0 Å². The Morgan fingerprint density at radius 1 is 1.38 bits per heavy atom. The standard InChI is InChI=1S/C21H26N2O2S/c1-3-12-23(14-19-5-4-13-26-19)15-20(24)22-21(16-6-7-16)17-8-10-18(25-2)11-9-17/h3-5,8-11,13,16,21H,1,6-7,12,14-15H2,2H3,(H,22,24). The van der Waals surface area contributed by atoms with Crippen molar-refractivity contribution in [3.05, 3.63) is 64.9 Å². The predicted octanol–water partition coefficient (Wildman–Crippen LogP) is 4.01. The lowest BCUT2D eigenvalue weighted by atomic mass is 10.0. The average molecular weight is 371 g/mol. The lowest BCUT2D eigenvalue weighted by molar-refractivity contribution is -0.123. The van der Waals surface area contributed by atoms with E-state index in [9.17, 15) is 4.79 Å². The van der Waals surface area contributed by atoms with Gasteiger partial charge in [-0.3, -0.25) is 9.69 Å². The van der Waals surface area contributed by atoms with E-state index in [4.69, 9.17) is 4.74 Å². The van der Waals surface area contributed by atoms with E-state index in [0.29, 0.717) is 19.0 Å². The van der Waals surface area contributed by atoms with Crippen molar-refractivity contribution < 1.29 is 9.53 Å². The van der Waals surface area contributed by atoms with Gasteiger partial charge in [-0.05, 0) is 47.9 Å². The highest BCUT2D eigenvalue weighted by molar-refractivity contribution is 7.09. The largest absolute Gasteiger partial charge is 0.497 e. The van der Waals surface area contributed by atoms with Crippen LogP contribution in [0.1, 0.15) is 29.3 Å². The van der Waals surface area contributed by atoms with Crippen LogP contribution in [0, 0.1) is 5.92 Å². The first-order valence-electron chi connectivity index (χ1n) is 8.98. The quantitative estimate of drug-likeness (QED) is 0.643. The minimum absolute atomic E-state index is 0.0659. The fraction of sp³-hybridized carbons (Fsp3) is 0.381. The minimum atomic E-state index is 0.0659. The molecule has 1 aromatic carbocycles. The number of thiophene rings is 1. The lowest BCUT2D eigenvalue weighted by Crippen LogP contribution is -2.39. The fourth-order valence-corrected chi connectivity index (χ4v) is 3.87. The van der Waals surface area contributed by atoms with Crippen molar-refractivity contribution in [2.45, 2.75) is 25.4 Å². The summed E-state index contributed by atoms with van der Waals surface area (Å²) in [6.07, 6.45) is 4.19. The molecule has 0 saturated heterocycles. The molecule has 1 N–H and O–H groups in total. The third kappa shape index (κ3) is 5.19. The molecule has 3 rings (SSSR count). The van der Waals surface area contributed by atoms with E-state index < -0.39 is 0 Å². The number of hydrogen-bond donors (Lipinski definition) is 1. The van der Waals surface area contributed by atoms with Crippen LogP contribution in [-0.4, -0.2) is 31.0 Å². The number of ether oxygens (including phenoxy) is 1. The average Bonchev–Trinajstić information content (AvgIpc) is 3.37. The summed E-state index contributed by atoms with van der Waals surface area (Å²) >= 11 is 1.71. The van der Waals surface area contributed by atoms with Gasteiger partial charge in [0.05, 0.1) is 19.7 Å². The third-order valence-corrected chi connectivity index (χ3v) is 5.46. The molecule has 1 aromatic heterocycles. The summed E-state index contributed by atoms with van der Waals surface area (Å²) in [5, 5.41) is 5.31. The molecule has 0 radical (unpaired) electrons. The van der Waals surface area contributed by atoms with Gasteiger partial charge in [0.15, 0.2) is 0 Å². The monoisotopic (exact) mass is 370 g/mol. The molecule has 1 aliphatic carbocycles. The summed E-state index contributed by atoms with van der Waals surface area (Å²) < 4.78 is 5.23. The number of nitrogens with zero attached hydrogens (tertiary/aromatic N) is 1. The molecule has 1 amide bonds.